The molecule has 1 aliphatic carbocycles. The van der Waals surface area contributed by atoms with Gasteiger partial charge < -0.3 is 8.83 Å². The Morgan fingerprint density at radius 3 is 1.75 bits per heavy atom. The van der Waals surface area contributed by atoms with Gasteiger partial charge in [-0.15, -0.1) is 0 Å². The van der Waals surface area contributed by atoms with Crippen LogP contribution in [0.5, 0.6) is 0 Å². The van der Waals surface area contributed by atoms with Crippen LogP contribution in [0.4, 0.5) is 0 Å². The van der Waals surface area contributed by atoms with Gasteiger partial charge in [0, 0.05) is 27.1 Å². The van der Waals surface area contributed by atoms with Crippen molar-refractivity contribution in [3.8, 4) is 44.5 Å². The summed E-state index contributed by atoms with van der Waals surface area (Å²) in [6.45, 7) is 4.75. The van der Waals surface area contributed by atoms with Crippen LogP contribution in [0.25, 0.3) is 121 Å². The van der Waals surface area contributed by atoms with Crippen LogP contribution in [0.2, 0.25) is 0 Å². The molecule has 10 aromatic carbocycles. The first-order valence-electron chi connectivity index (χ1n) is 20.5. The van der Waals surface area contributed by atoms with Crippen molar-refractivity contribution in [2.24, 2.45) is 0 Å². The Morgan fingerprint density at radius 2 is 0.949 bits per heavy atom. The molecule has 0 bridgehead atoms. The Morgan fingerprint density at radius 1 is 0.339 bits per heavy atom. The van der Waals surface area contributed by atoms with Crippen molar-refractivity contribution in [3.05, 3.63) is 193 Å². The highest BCUT2D eigenvalue weighted by molar-refractivity contribution is 6.25. The number of rotatable bonds is 3. The Bertz CT molecular complexity index is 3700. The molecule has 0 amide bonds. The summed E-state index contributed by atoms with van der Waals surface area (Å²) in [7, 11) is 0. The van der Waals surface area contributed by atoms with Gasteiger partial charge in [0.15, 0.2) is 0 Å². The van der Waals surface area contributed by atoms with Crippen LogP contribution >= 0.6 is 0 Å². The maximum atomic E-state index is 6.88. The molecule has 2 nitrogen and oxygen atoms in total. The minimum Gasteiger partial charge on any atom is -0.456 e. The van der Waals surface area contributed by atoms with Gasteiger partial charge >= 0.3 is 0 Å². The predicted molar refractivity (Wildman–Crippen MR) is 247 cm³/mol. The lowest BCUT2D eigenvalue weighted by molar-refractivity contribution is 0.660. The highest BCUT2D eigenvalue weighted by atomic mass is 16.3. The number of fused-ring (bicyclic) bond motifs is 13. The fourth-order valence-corrected chi connectivity index (χ4v) is 10.5. The molecule has 0 saturated carbocycles. The third-order valence-electron chi connectivity index (χ3n) is 13.3. The van der Waals surface area contributed by atoms with E-state index in [2.05, 4.69) is 184 Å². The molecule has 2 heterocycles. The van der Waals surface area contributed by atoms with E-state index < -0.39 is 0 Å². The van der Waals surface area contributed by atoms with Gasteiger partial charge in [0.05, 0.1) is 5.39 Å². The summed E-state index contributed by atoms with van der Waals surface area (Å²) < 4.78 is 13.1. The first kappa shape index (κ1) is 32.6. The molecule has 2 heteroatoms. The van der Waals surface area contributed by atoms with E-state index in [0.717, 1.165) is 55.0 Å². The average Bonchev–Trinajstić information content (AvgIpc) is 3.92. The lowest BCUT2D eigenvalue weighted by Gasteiger charge is -2.23. The van der Waals surface area contributed by atoms with Crippen LogP contribution in [0.15, 0.2) is 191 Å². The van der Waals surface area contributed by atoms with Gasteiger partial charge in [0.2, 0.25) is 0 Å². The molecule has 12 aromatic rings. The van der Waals surface area contributed by atoms with Crippen LogP contribution in [-0.2, 0) is 5.41 Å². The van der Waals surface area contributed by atoms with Crippen LogP contribution in [-0.4, -0.2) is 0 Å². The van der Waals surface area contributed by atoms with E-state index in [1.54, 1.807) is 0 Å². The molecule has 0 aliphatic heterocycles. The molecule has 0 fully saturated rings. The van der Waals surface area contributed by atoms with Crippen LogP contribution in [0.3, 0.4) is 0 Å². The second-order valence-electron chi connectivity index (χ2n) is 16.7. The molecular formula is C57H36O2. The summed E-state index contributed by atoms with van der Waals surface area (Å²) in [6, 6.07) is 66.6. The van der Waals surface area contributed by atoms with Crippen LogP contribution < -0.4 is 0 Å². The smallest absolute Gasteiger partial charge is 0.147 e. The van der Waals surface area contributed by atoms with E-state index >= 15 is 0 Å². The molecule has 0 N–H and O–H groups in total. The normalized spacial score (nSPS) is 13.4. The summed E-state index contributed by atoms with van der Waals surface area (Å²) in [5.41, 5.74) is 15.9. The molecule has 0 unspecified atom stereocenters. The average molecular weight is 753 g/mol. The largest absolute Gasteiger partial charge is 0.456 e. The first-order valence-corrected chi connectivity index (χ1v) is 20.5. The van der Waals surface area contributed by atoms with Crippen molar-refractivity contribution in [3.63, 3.8) is 0 Å². The number of hydrogen-bond acceptors (Lipinski definition) is 2. The minimum atomic E-state index is -0.187. The molecule has 0 spiro atoms. The molecular weight excluding hydrogens is 717 g/mol. The maximum Gasteiger partial charge on any atom is 0.147 e. The predicted octanol–water partition coefficient (Wildman–Crippen LogP) is 16.3. The second kappa shape index (κ2) is 11.8. The molecule has 0 radical (unpaired) electrons. The topological polar surface area (TPSA) is 26.3 Å². The monoisotopic (exact) mass is 752 g/mol. The van der Waals surface area contributed by atoms with Crippen molar-refractivity contribution in [1.29, 1.82) is 0 Å². The molecule has 276 valence electrons. The number of benzene rings is 10. The minimum absolute atomic E-state index is 0.187. The standard InChI is InChI=1S/C57H36O2/c1-57(2)48-29-26-34(37-21-12-23-44-45-28-30-51-54(56(45)59-55(37)44)46-20-9-10-24-50(46)58-51)31-47(48)38-27-25-35(32-49(38)57)52-40-16-5-7-18-42(40)53(43-19-8-6-17-41(43)52)39-22-11-14-33-13-3-4-15-36(33)39/h3-32H,1-2H3. The molecule has 1 aliphatic rings. The zero-order valence-corrected chi connectivity index (χ0v) is 32.6. The summed E-state index contributed by atoms with van der Waals surface area (Å²) >= 11 is 0. The van der Waals surface area contributed by atoms with E-state index in [1.165, 1.54) is 76.8 Å². The molecule has 59 heavy (non-hydrogen) atoms. The van der Waals surface area contributed by atoms with Gasteiger partial charge in [0.1, 0.15) is 22.3 Å². The second-order valence-corrected chi connectivity index (χ2v) is 16.7. The van der Waals surface area contributed by atoms with Crippen molar-refractivity contribution in [2.75, 3.05) is 0 Å². The Labute approximate surface area is 340 Å². The highest BCUT2D eigenvalue weighted by Crippen LogP contribution is 2.53. The maximum absolute atomic E-state index is 6.88. The van der Waals surface area contributed by atoms with E-state index in [-0.39, 0.29) is 5.41 Å². The number of furan rings is 2. The first-order chi connectivity index (χ1) is 29.0. The number of para-hydroxylation sites is 2. The van der Waals surface area contributed by atoms with E-state index in [1.807, 2.05) is 12.1 Å². The van der Waals surface area contributed by atoms with Crippen molar-refractivity contribution >= 4 is 76.2 Å². The third-order valence-corrected chi connectivity index (χ3v) is 13.3. The molecule has 0 atom stereocenters. The number of hydrogen-bond donors (Lipinski definition) is 0. The summed E-state index contributed by atoms with van der Waals surface area (Å²) in [4.78, 5) is 0. The van der Waals surface area contributed by atoms with Crippen molar-refractivity contribution in [1.82, 2.24) is 0 Å². The molecule has 13 rings (SSSR count). The van der Waals surface area contributed by atoms with Gasteiger partial charge in [-0.3, -0.25) is 0 Å². The van der Waals surface area contributed by atoms with Gasteiger partial charge in [-0.1, -0.05) is 166 Å². The Hall–Kier alpha value is -7.42. The van der Waals surface area contributed by atoms with Gasteiger partial charge in [-0.05, 0) is 113 Å². The van der Waals surface area contributed by atoms with Gasteiger partial charge in [-0.25, -0.2) is 0 Å². The lowest BCUT2D eigenvalue weighted by atomic mass is 9.80. The van der Waals surface area contributed by atoms with Crippen LogP contribution in [0, 0.1) is 0 Å². The van der Waals surface area contributed by atoms with E-state index in [9.17, 15) is 0 Å². The van der Waals surface area contributed by atoms with E-state index in [0.29, 0.717) is 0 Å². The quantitative estimate of drug-likeness (QED) is 0.168. The summed E-state index contributed by atoms with van der Waals surface area (Å²) in [5, 5.41) is 11.9. The SMILES string of the molecule is CC1(C)c2ccc(-c3cccc4c3oc3c4ccc4oc5ccccc5c43)cc2-c2ccc(-c3c4ccccc4c(-c4cccc5ccccc45)c4ccccc34)cc21. The third kappa shape index (κ3) is 4.46. The Kier molecular flexibility index (Phi) is 6.54. The molecule has 0 saturated heterocycles. The van der Waals surface area contributed by atoms with Crippen molar-refractivity contribution in [2.45, 2.75) is 19.3 Å². The zero-order valence-electron chi connectivity index (χ0n) is 32.6. The van der Waals surface area contributed by atoms with Gasteiger partial charge in [0.25, 0.3) is 0 Å². The van der Waals surface area contributed by atoms with Crippen molar-refractivity contribution < 1.29 is 8.83 Å². The lowest BCUT2D eigenvalue weighted by Crippen LogP contribution is -2.15. The van der Waals surface area contributed by atoms with Crippen LogP contribution in [0.1, 0.15) is 25.0 Å². The van der Waals surface area contributed by atoms with E-state index in [4.69, 9.17) is 8.83 Å². The fourth-order valence-electron chi connectivity index (χ4n) is 10.5. The highest BCUT2D eigenvalue weighted by Gasteiger charge is 2.36. The fraction of sp³-hybridized carbons (Fsp3) is 0.0526. The van der Waals surface area contributed by atoms with Gasteiger partial charge in [-0.2, -0.15) is 0 Å². The zero-order chi connectivity index (χ0) is 39.0. The molecule has 2 aromatic heterocycles. The Balaban J connectivity index is 0.988. The summed E-state index contributed by atoms with van der Waals surface area (Å²) in [6.07, 6.45) is 0. The summed E-state index contributed by atoms with van der Waals surface area (Å²) in [5.74, 6) is 0.